The summed E-state index contributed by atoms with van der Waals surface area (Å²) in [5.41, 5.74) is 6.27. The van der Waals surface area contributed by atoms with Gasteiger partial charge in [-0.25, -0.2) is 13.2 Å². The number of carbonyl (C=O) groups is 1. The molecule has 23 heavy (non-hydrogen) atoms. The van der Waals surface area contributed by atoms with Crippen LogP contribution in [-0.2, 0) is 14.8 Å². The Labute approximate surface area is 137 Å². The number of sulfonamides is 1. The van der Waals surface area contributed by atoms with Crippen molar-refractivity contribution < 1.29 is 17.9 Å². The van der Waals surface area contributed by atoms with Crippen LogP contribution < -0.4 is 5.73 Å². The number of rotatable bonds is 5. The molecular formula is C16H24N2O4S. The predicted octanol–water partition coefficient (Wildman–Crippen LogP) is 1.61. The third-order valence-electron chi connectivity index (χ3n) is 4.17. The number of esters is 1. The van der Waals surface area contributed by atoms with Crippen molar-refractivity contribution in [2.75, 3.05) is 19.7 Å². The first-order valence-corrected chi connectivity index (χ1v) is 9.33. The van der Waals surface area contributed by atoms with E-state index in [1.54, 1.807) is 6.92 Å². The SMILES string of the molecule is CCOC(=O)c1ccc(S(=O)(=O)N2CCCC(C(C)N)C2)cc1. The fraction of sp³-hybridized carbons (Fsp3) is 0.562. The fourth-order valence-electron chi connectivity index (χ4n) is 2.75. The quantitative estimate of drug-likeness (QED) is 0.823. The first-order chi connectivity index (χ1) is 10.9. The molecule has 1 heterocycles. The molecule has 2 N–H and O–H groups in total. The summed E-state index contributed by atoms with van der Waals surface area (Å²) < 4.78 is 31.8. The second-order valence-corrected chi connectivity index (χ2v) is 7.81. The van der Waals surface area contributed by atoms with Gasteiger partial charge in [-0.2, -0.15) is 4.31 Å². The molecule has 0 radical (unpaired) electrons. The predicted molar refractivity (Wildman–Crippen MR) is 87.5 cm³/mol. The monoisotopic (exact) mass is 340 g/mol. The van der Waals surface area contributed by atoms with Gasteiger partial charge >= 0.3 is 5.97 Å². The number of carbonyl (C=O) groups excluding carboxylic acids is 1. The maximum Gasteiger partial charge on any atom is 0.338 e. The van der Waals surface area contributed by atoms with Gasteiger partial charge in [0.25, 0.3) is 0 Å². The Morgan fingerprint density at radius 2 is 2.04 bits per heavy atom. The maximum absolute atomic E-state index is 12.7. The third-order valence-corrected chi connectivity index (χ3v) is 6.05. The lowest BCUT2D eigenvalue weighted by molar-refractivity contribution is 0.0526. The first-order valence-electron chi connectivity index (χ1n) is 7.89. The zero-order valence-corrected chi connectivity index (χ0v) is 14.4. The molecule has 1 aliphatic rings. The van der Waals surface area contributed by atoms with Crippen LogP contribution in [-0.4, -0.2) is 44.4 Å². The Bertz CT molecular complexity index is 641. The molecule has 2 atom stereocenters. The van der Waals surface area contributed by atoms with Gasteiger partial charge in [-0.05, 0) is 56.9 Å². The van der Waals surface area contributed by atoms with E-state index >= 15 is 0 Å². The van der Waals surface area contributed by atoms with Crippen LogP contribution in [0.1, 0.15) is 37.0 Å². The zero-order chi connectivity index (χ0) is 17.0. The van der Waals surface area contributed by atoms with E-state index in [1.165, 1.54) is 28.6 Å². The van der Waals surface area contributed by atoms with E-state index in [0.29, 0.717) is 18.7 Å². The summed E-state index contributed by atoms with van der Waals surface area (Å²) in [4.78, 5) is 11.8. The number of benzene rings is 1. The van der Waals surface area contributed by atoms with Crippen molar-refractivity contribution in [2.45, 2.75) is 37.6 Å². The maximum atomic E-state index is 12.7. The summed E-state index contributed by atoms with van der Waals surface area (Å²) in [6, 6.07) is 5.85. The highest BCUT2D eigenvalue weighted by Crippen LogP contribution is 2.25. The molecule has 1 saturated heterocycles. The molecule has 1 fully saturated rings. The van der Waals surface area contributed by atoms with Crippen LogP contribution in [0.25, 0.3) is 0 Å². The summed E-state index contributed by atoms with van der Waals surface area (Å²) in [7, 11) is -3.56. The van der Waals surface area contributed by atoms with Crippen LogP contribution in [0.5, 0.6) is 0 Å². The second kappa shape index (κ2) is 7.42. The lowest BCUT2D eigenvalue weighted by Crippen LogP contribution is -2.44. The molecule has 0 saturated carbocycles. The second-order valence-electron chi connectivity index (χ2n) is 5.87. The van der Waals surface area contributed by atoms with E-state index in [2.05, 4.69) is 0 Å². The molecule has 1 aromatic carbocycles. The van der Waals surface area contributed by atoms with E-state index in [9.17, 15) is 13.2 Å². The molecule has 0 spiro atoms. The van der Waals surface area contributed by atoms with Crippen LogP contribution in [0.3, 0.4) is 0 Å². The number of nitrogens with two attached hydrogens (primary N) is 1. The summed E-state index contributed by atoms with van der Waals surface area (Å²) in [6.45, 7) is 4.87. The first kappa shape index (κ1) is 17.9. The molecule has 2 rings (SSSR count). The standard InChI is InChI=1S/C16H24N2O4S/c1-3-22-16(19)13-6-8-15(9-7-13)23(20,21)18-10-4-5-14(11-18)12(2)17/h6-9,12,14H,3-5,10-11,17H2,1-2H3. The van der Waals surface area contributed by atoms with Gasteiger partial charge in [0.1, 0.15) is 0 Å². The fourth-order valence-corrected chi connectivity index (χ4v) is 4.28. The van der Waals surface area contributed by atoms with E-state index in [0.717, 1.165) is 12.8 Å². The smallest absolute Gasteiger partial charge is 0.338 e. The molecule has 7 heteroatoms. The molecule has 0 aromatic heterocycles. The molecule has 0 amide bonds. The summed E-state index contributed by atoms with van der Waals surface area (Å²) >= 11 is 0. The van der Waals surface area contributed by atoms with E-state index in [-0.39, 0.29) is 23.5 Å². The lowest BCUT2D eigenvalue weighted by Gasteiger charge is -2.33. The molecule has 2 unspecified atom stereocenters. The van der Waals surface area contributed by atoms with Crippen molar-refractivity contribution in [2.24, 2.45) is 11.7 Å². The van der Waals surface area contributed by atoms with Crippen LogP contribution in [0, 0.1) is 5.92 Å². The van der Waals surface area contributed by atoms with Crippen LogP contribution in [0.2, 0.25) is 0 Å². The summed E-state index contributed by atoms with van der Waals surface area (Å²) in [5, 5.41) is 0. The number of ether oxygens (including phenoxy) is 1. The van der Waals surface area contributed by atoms with Gasteiger partial charge in [-0.1, -0.05) is 0 Å². The molecule has 128 valence electrons. The number of nitrogens with zero attached hydrogens (tertiary/aromatic N) is 1. The molecule has 0 bridgehead atoms. The minimum Gasteiger partial charge on any atom is -0.462 e. The van der Waals surface area contributed by atoms with Crippen molar-refractivity contribution >= 4 is 16.0 Å². The Morgan fingerprint density at radius 1 is 1.39 bits per heavy atom. The Hall–Kier alpha value is -1.44. The van der Waals surface area contributed by atoms with Gasteiger partial charge in [0.05, 0.1) is 17.1 Å². The molecular weight excluding hydrogens is 316 g/mol. The number of hydrogen-bond acceptors (Lipinski definition) is 5. The highest BCUT2D eigenvalue weighted by molar-refractivity contribution is 7.89. The van der Waals surface area contributed by atoms with Gasteiger partial charge in [0, 0.05) is 19.1 Å². The Morgan fingerprint density at radius 3 is 2.61 bits per heavy atom. The summed E-state index contributed by atoms with van der Waals surface area (Å²) in [6.07, 6.45) is 1.76. The topological polar surface area (TPSA) is 89.7 Å². The largest absolute Gasteiger partial charge is 0.462 e. The van der Waals surface area contributed by atoms with Gasteiger partial charge in [0.2, 0.25) is 10.0 Å². The minimum absolute atomic E-state index is 0.0285. The summed E-state index contributed by atoms with van der Waals surface area (Å²) in [5.74, 6) is -0.274. The van der Waals surface area contributed by atoms with E-state index < -0.39 is 16.0 Å². The lowest BCUT2D eigenvalue weighted by atomic mass is 9.93. The van der Waals surface area contributed by atoms with E-state index in [1.807, 2.05) is 6.92 Å². The molecule has 1 aliphatic heterocycles. The number of piperidine rings is 1. The third kappa shape index (κ3) is 4.10. The minimum atomic E-state index is -3.56. The molecule has 0 aliphatic carbocycles. The van der Waals surface area contributed by atoms with Gasteiger partial charge < -0.3 is 10.5 Å². The van der Waals surface area contributed by atoms with E-state index in [4.69, 9.17) is 10.5 Å². The van der Waals surface area contributed by atoms with Gasteiger partial charge in [-0.3, -0.25) is 0 Å². The Balaban J connectivity index is 2.17. The van der Waals surface area contributed by atoms with Crippen molar-refractivity contribution in [3.8, 4) is 0 Å². The highest BCUT2D eigenvalue weighted by atomic mass is 32.2. The van der Waals surface area contributed by atoms with Crippen molar-refractivity contribution in [1.82, 2.24) is 4.31 Å². The molecule has 1 aromatic rings. The highest BCUT2D eigenvalue weighted by Gasteiger charge is 2.31. The normalized spacial score (nSPS) is 20.9. The molecule has 6 nitrogen and oxygen atoms in total. The van der Waals surface area contributed by atoms with Gasteiger partial charge in [0.15, 0.2) is 0 Å². The van der Waals surface area contributed by atoms with Crippen LogP contribution >= 0.6 is 0 Å². The average Bonchev–Trinajstić information content (AvgIpc) is 2.55. The van der Waals surface area contributed by atoms with Crippen molar-refractivity contribution in [1.29, 1.82) is 0 Å². The number of hydrogen-bond donors (Lipinski definition) is 1. The van der Waals surface area contributed by atoms with Crippen molar-refractivity contribution in [3.63, 3.8) is 0 Å². The zero-order valence-electron chi connectivity index (χ0n) is 13.6. The van der Waals surface area contributed by atoms with Crippen LogP contribution in [0.15, 0.2) is 29.2 Å². The average molecular weight is 340 g/mol. The Kier molecular flexibility index (Phi) is 5.78. The van der Waals surface area contributed by atoms with Crippen molar-refractivity contribution in [3.05, 3.63) is 29.8 Å². The van der Waals surface area contributed by atoms with Crippen LogP contribution in [0.4, 0.5) is 0 Å². The van der Waals surface area contributed by atoms with Gasteiger partial charge in [-0.15, -0.1) is 0 Å².